The molecular formula is C17H24N2O. The fourth-order valence-corrected chi connectivity index (χ4v) is 2.42. The lowest BCUT2D eigenvalue weighted by molar-refractivity contribution is 0.223. The summed E-state index contributed by atoms with van der Waals surface area (Å²) in [6.45, 7) is 6.56. The molecule has 2 aromatic rings. The minimum atomic E-state index is 0.197. The second-order valence-electron chi connectivity index (χ2n) is 5.76. The first-order chi connectivity index (χ1) is 9.60. The number of hydrogen-bond acceptors (Lipinski definition) is 2. The Bertz CT molecular complexity index is 545. The fourth-order valence-electron chi connectivity index (χ4n) is 2.42. The molecule has 0 radical (unpaired) electrons. The van der Waals surface area contributed by atoms with Crippen molar-refractivity contribution in [3.8, 4) is 0 Å². The van der Waals surface area contributed by atoms with Gasteiger partial charge in [-0.15, -0.1) is 0 Å². The Kier molecular flexibility index (Phi) is 4.96. The molecule has 0 saturated heterocycles. The van der Waals surface area contributed by atoms with E-state index in [2.05, 4.69) is 56.2 Å². The molecule has 0 aliphatic carbocycles. The fraction of sp³-hybridized carbons (Fsp3) is 0.471. The van der Waals surface area contributed by atoms with Crippen molar-refractivity contribution in [1.82, 2.24) is 9.78 Å². The Morgan fingerprint density at radius 2 is 1.90 bits per heavy atom. The zero-order valence-electron chi connectivity index (χ0n) is 12.6. The monoisotopic (exact) mass is 272 g/mol. The maximum Gasteiger partial charge on any atom is 0.0628 e. The molecule has 3 heteroatoms. The van der Waals surface area contributed by atoms with Gasteiger partial charge in [-0.05, 0) is 56.7 Å². The maximum absolute atomic E-state index is 9.62. The summed E-state index contributed by atoms with van der Waals surface area (Å²) in [6, 6.07) is 10.8. The van der Waals surface area contributed by atoms with Gasteiger partial charge in [-0.2, -0.15) is 5.10 Å². The van der Waals surface area contributed by atoms with Gasteiger partial charge in [0.1, 0.15) is 0 Å². The molecule has 0 aliphatic rings. The quantitative estimate of drug-likeness (QED) is 0.877. The second kappa shape index (κ2) is 6.71. The van der Waals surface area contributed by atoms with Gasteiger partial charge in [-0.1, -0.05) is 24.3 Å². The highest BCUT2D eigenvalue weighted by molar-refractivity contribution is 5.26. The highest BCUT2D eigenvalue weighted by atomic mass is 16.3. The third-order valence-electron chi connectivity index (χ3n) is 3.72. The number of nitrogens with zero attached hydrogens (tertiary/aromatic N) is 2. The lowest BCUT2D eigenvalue weighted by Crippen LogP contribution is -2.14. The van der Waals surface area contributed by atoms with E-state index in [1.165, 1.54) is 11.1 Å². The molecular weight excluding hydrogens is 248 g/mol. The molecule has 1 heterocycles. The van der Waals surface area contributed by atoms with Gasteiger partial charge >= 0.3 is 0 Å². The number of aliphatic hydroxyl groups excluding tert-OH is 1. The average molecular weight is 272 g/mol. The normalized spacial score (nSPS) is 12.8. The van der Waals surface area contributed by atoms with Crippen LogP contribution in [0.25, 0.3) is 0 Å². The van der Waals surface area contributed by atoms with Crippen LogP contribution in [0.3, 0.4) is 0 Å². The summed E-state index contributed by atoms with van der Waals surface area (Å²) in [4.78, 5) is 0. The lowest BCUT2D eigenvalue weighted by Gasteiger charge is -2.14. The standard InChI is InChI=1S/C17H24N2O/c1-13(2)19-9-8-17(18-19)11-15(12-20)10-16-7-5-4-6-14(16)3/h4-9,13,15,20H,10-12H2,1-3H3. The first-order valence-electron chi connectivity index (χ1n) is 7.29. The smallest absolute Gasteiger partial charge is 0.0628 e. The molecule has 0 spiro atoms. The van der Waals surface area contributed by atoms with Crippen LogP contribution in [-0.2, 0) is 12.8 Å². The van der Waals surface area contributed by atoms with Crippen molar-refractivity contribution in [2.45, 2.75) is 39.7 Å². The van der Waals surface area contributed by atoms with E-state index in [-0.39, 0.29) is 12.5 Å². The van der Waals surface area contributed by atoms with Crippen LogP contribution in [-0.4, -0.2) is 21.5 Å². The molecule has 0 bridgehead atoms. The van der Waals surface area contributed by atoms with Crippen LogP contribution in [0.1, 0.15) is 36.7 Å². The lowest BCUT2D eigenvalue weighted by atomic mass is 9.93. The number of benzene rings is 1. The zero-order chi connectivity index (χ0) is 14.5. The Morgan fingerprint density at radius 3 is 2.50 bits per heavy atom. The molecule has 1 N–H and O–H groups in total. The summed E-state index contributed by atoms with van der Waals surface area (Å²) in [7, 11) is 0. The van der Waals surface area contributed by atoms with E-state index in [1.807, 2.05) is 10.9 Å². The van der Waals surface area contributed by atoms with Crippen molar-refractivity contribution in [2.75, 3.05) is 6.61 Å². The largest absolute Gasteiger partial charge is 0.396 e. The summed E-state index contributed by atoms with van der Waals surface area (Å²) in [5, 5.41) is 14.2. The number of hydrogen-bond donors (Lipinski definition) is 1. The van der Waals surface area contributed by atoms with Crippen molar-refractivity contribution in [2.24, 2.45) is 5.92 Å². The number of aromatic nitrogens is 2. The second-order valence-corrected chi connectivity index (χ2v) is 5.76. The molecule has 2 rings (SSSR count). The minimum absolute atomic E-state index is 0.197. The van der Waals surface area contributed by atoms with E-state index in [1.54, 1.807) is 0 Å². The highest BCUT2D eigenvalue weighted by Crippen LogP contribution is 2.17. The van der Waals surface area contributed by atoms with Crippen LogP contribution >= 0.6 is 0 Å². The van der Waals surface area contributed by atoms with E-state index < -0.39 is 0 Å². The summed E-state index contributed by atoms with van der Waals surface area (Å²) >= 11 is 0. The third-order valence-corrected chi connectivity index (χ3v) is 3.72. The summed E-state index contributed by atoms with van der Waals surface area (Å²) in [5.74, 6) is 0.228. The van der Waals surface area contributed by atoms with Gasteiger partial charge < -0.3 is 5.11 Å². The van der Waals surface area contributed by atoms with E-state index in [9.17, 15) is 5.11 Å². The summed E-state index contributed by atoms with van der Waals surface area (Å²) in [5.41, 5.74) is 3.67. The van der Waals surface area contributed by atoms with Gasteiger partial charge in [0.15, 0.2) is 0 Å². The first kappa shape index (κ1) is 14.8. The summed E-state index contributed by atoms with van der Waals surface area (Å²) in [6.07, 6.45) is 3.74. The van der Waals surface area contributed by atoms with Crippen LogP contribution in [0.15, 0.2) is 36.5 Å². The molecule has 1 aromatic carbocycles. The van der Waals surface area contributed by atoms with Gasteiger partial charge in [0.05, 0.1) is 5.69 Å². The van der Waals surface area contributed by atoms with Crippen LogP contribution in [0.2, 0.25) is 0 Å². The van der Waals surface area contributed by atoms with Gasteiger partial charge in [-0.3, -0.25) is 4.68 Å². The van der Waals surface area contributed by atoms with Crippen molar-refractivity contribution >= 4 is 0 Å². The Balaban J connectivity index is 2.03. The molecule has 0 amide bonds. The molecule has 20 heavy (non-hydrogen) atoms. The van der Waals surface area contributed by atoms with E-state index >= 15 is 0 Å². The van der Waals surface area contributed by atoms with Gasteiger partial charge in [-0.25, -0.2) is 0 Å². The van der Waals surface area contributed by atoms with Gasteiger partial charge in [0.25, 0.3) is 0 Å². The molecule has 0 fully saturated rings. The van der Waals surface area contributed by atoms with Crippen LogP contribution in [0, 0.1) is 12.8 Å². The van der Waals surface area contributed by atoms with Crippen LogP contribution < -0.4 is 0 Å². The molecule has 0 saturated carbocycles. The van der Waals surface area contributed by atoms with Gasteiger partial charge in [0.2, 0.25) is 0 Å². The Hall–Kier alpha value is -1.61. The van der Waals surface area contributed by atoms with E-state index in [4.69, 9.17) is 0 Å². The third kappa shape index (κ3) is 3.70. The number of rotatable bonds is 6. The van der Waals surface area contributed by atoms with E-state index in [0.29, 0.717) is 6.04 Å². The molecule has 1 atom stereocenters. The van der Waals surface area contributed by atoms with Crippen molar-refractivity contribution < 1.29 is 5.11 Å². The molecule has 108 valence electrons. The topological polar surface area (TPSA) is 38.0 Å². The first-order valence-corrected chi connectivity index (χ1v) is 7.29. The zero-order valence-corrected chi connectivity index (χ0v) is 12.6. The predicted octanol–water partition coefficient (Wildman–Crippen LogP) is 3.17. The Morgan fingerprint density at radius 1 is 1.15 bits per heavy atom. The minimum Gasteiger partial charge on any atom is -0.396 e. The van der Waals surface area contributed by atoms with Crippen LogP contribution in [0.5, 0.6) is 0 Å². The van der Waals surface area contributed by atoms with Crippen LogP contribution in [0.4, 0.5) is 0 Å². The van der Waals surface area contributed by atoms with Gasteiger partial charge in [0, 0.05) is 18.8 Å². The molecule has 3 nitrogen and oxygen atoms in total. The Labute approximate surface area is 121 Å². The summed E-state index contributed by atoms with van der Waals surface area (Å²) < 4.78 is 1.97. The maximum atomic E-state index is 9.62. The molecule has 0 aliphatic heterocycles. The van der Waals surface area contributed by atoms with Crippen molar-refractivity contribution in [3.05, 3.63) is 53.3 Å². The highest BCUT2D eigenvalue weighted by Gasteiger charge is 2.13. The molecule has 1 unspecified atom stereocenters. The van der Waals surface area contributed by atoms with E-state index in [0.717, 1.165) is 18.5 Å². The average Bonchev–Trinajstić information content (AvgIpc) is 2.89. The van der Waals surface area contributed by atoms with Crippen molar-refractivity contribution in [3.63, 3.8) is 0 Å². The van der Waals surface area contributed by atoms with Crippen molar-refractivity contribution in [1.29, 1.82) is 0 Å². The predicted molar refractivity (Wildman–Crippen MR) is 81.8 cm³/mol. The number of aliphatic hydroxyl groups is 1. The number of aryl methyl sites for hydroxylation is 1. The molecule has 1 aromatic heterocycles. The SMILES string of the molecule is Cc1ccccc1CC(CO)Cc1ccn(C(C)C)n1.